The Balaban J connectivity index is 2.67. The molecular formula is C12H14N2O4. The molecule has 0 unspecified atom stereocenters. The standard InChI is InChI=1S/C12H14N2O4/c1-12(2,3)18-11(15)13-8-9-4-6-10(7-5-9)14(16)17/h4-8H,1-3H3. The summed E-state index contributed by atoms with van der Waals surface area (Å²) in [6.07, 6.45) is 0.610. The number of carbonyl (C=O) groups excluding carboxylic acids is 1. The van der Waals surface area contributed by atoms with Gasteiger partial charge in [0.05, 0.1) is 4.92 Å². The molecule has 0 N–H and O–H groups in total. The number of nitro benzene ring substituents is 1. The number of non-ortho nitro benzene ring substituents is 1. The third kappa shape index (κ3) is 4.73. The fourth-order valence-corrected chi connectivity index (χ4v) is 1.10. The zero-order chi connectivity index (χ0) is 13.8. The van der Waals surface area contributed by atoms with Crippen LogP contribution in [0.5, 0.6) is 0 Å². The lowest BCUT2D eigenvalue weighted by Gasteiger charge is -2.16. The summed E-state index contributed by atoms with van der Waals surface area (Å²) in [5.41, 5.74) is -0.0138. The van der Waals surface area contributed by atoms with E-state index in [4.69, 9.17) is 4.74 Å². The highest BCUT2D eigenvalue weighted by Gasteiger charge is 2.14. The number of amides is 1. The smallest absolute Gasteiger partial charge is 0.434 e. The predicted molar refractivity (Wildman–Crippen MR) is 66.9 cm³/mol. The van der Waals surface area contributed by atoms with E-state index < -0.39 is 16.6 Å². The van der Waals surface area contributed by atoms with Gasteiger partial charge in [0.15, 0.2) is 0 Å². The molecule has 0 aliphatic heterocycles. The van der Waals surface area contributed by atoms with Gasteiger partial charge in [0, 0.05) is 18.3 Å². The Morgan fingerprint density at radius 2 is 1.89 bits per heavy atom. The minimum absolute atomic E-state index is 0.00980. The van der Waals surface area contributed by atoms with Crippen LogP contribution < -0.4 is 0 Å². The SMILES string of the molecule is CC(C)(C)OC(=O)N=Cc1ccc([N+](=O)[O-])cc1. The molecule has 6 heteroatoms. The number of hydrogen-bond acceptors (Lipinski definition) is 4. The molecule has 0 saturated carbocycles. The second kappa shape index (κ2) is 5.39. The average molecular weight is 250 g/mol. The maximum atomic E-state index is 11.3. The van der Waals surface area contributed by atoms with Gasteiger partial charge in [0.2, 0.25) is 0 Å². The molecule has 0 bridgehead atoms. The molecule has 96 valence electrons. The number of nitrogens with zero attached hydrogens (tertiary/aromatic N) is 2. The Labute approximate surface area is 104 Å². The second-order valence-corrected chi connectivity index (χ2v) is 4.59. The molecule has 0 spiro atoms. The molecule has 1 aromatic carbocycles. The van der Waals surface area contributed by atoms with Crippen molar-refractivity contribution in [3.05, 3.63) is 39.9 Å². The van der Waals surface area contributed by atoms with Crippen molar-refractivity contribution in [2.24, 2.45) is 4.99 Å². The van der Waals surface area contributed by atoms with E-state index in [1.807, 2.05) is 0 Å². The summed E-state index contributed by atoms with van der Waals surface area (Å²) in [6, 6.07) is 5.70. The van der Waals surface area contributed by atoms with Crippen LogP contribution in [0.3, 0.4) is 0 Å². The Hall–Kier alpha value is -2.24. The van der Waals surface area contributed by atoms with Crippen LogP contribution in [-0.2, 0) is 4.74 Å². The van der Waals surface area contributed by atoms with Crippen LogP contribution in [0, 0.1) is 10.1 Å². The molecule has 1 rings (SSSR count). The van der Waals surface area contributed by atoms with Gasteiger partial charge in [0.25, 0.3) is 5.69 Å². The number of carbonyl (C=O) groups is 1. The van der Waals surface area contributed by atoms with Gasteiger partial charge in [-0.3, -0.25) is 10.1 Å². The quantitative estimate of drug-likeness (QED) is 0.459. The molecule has 0 fully saturated rings. The van der Waals surface area contributed by atoms with Crippen molar-refractivity contribution in [3.63, 3.8) is 0 Å². The molecule has 0 heterocycles. The van der Waals surface area contributed by atoms with Crippen molar-refractivity contribution in [2.75, 3.05) is 0 Å². The highest BCUT2D eigenvalue weighted by atomic mass is 16.6. The van der Waals surface area contributed by atoms with E-state index in [2.05, 4.69) is 4.99 Å². The third-order valence-corrected chi connectivity index (χ3v) is 1.82. The van der Waals surface area contributed by atoms with Crippen LogP contribution in [0.25, 0.3) is 0 Å². The molecule has 0 aromatic heterocycles. The third-order valence-electron chi connectivity index (χ3n) is 1.82. The number of nitro groups is 1. The van der Waals surface area contributed by atoms with Crippen molar-refractivity contribution in [1.29, 1.82) is 0 Å². The summed E-state index contributed by atoms with van der Waals surface area (Å²) in [5.74, 6) is 0. The molecular weight excluding hydrogens is 236 g/mol. The number of benzene rings is 1. The van der Waals surface area contributed by atoms with Crippen LogP contribution in [0.2, 0.25) is 0 Å². The van der Waals surface area contributed by atoms with Gasteiger partial charge >= 0.3 is 6.09 Å². The molecule has 1 aromatic rings. The molecule has 0 aliphatic rings. The zero-order valence-corrected chi connectivity index (χ0v) is 10.4. The highest BCUT2D eigenvalue weighted by Crippen LogP contribution is 2.11. The van der Waals surface area contributed by atoms with Crippen LogP contribution in [0.1, 0.15) is 26.3 Å². The summed E-state index contributed by atoms with van der Waals surface area (Å²) < 4.78 is 4.98. The Bertz CT molecular complexity index is 472. The molecule has 0 radical (unpaired) electrons. The van der Waals surface area contributed by atoms with Gasteiger partial charge in [-0.1, -0.05) is 0 Å². The largest absolute Gasteiger partial charge is 0.442 e. The first-order valence-electron chi connectivity index (χ1n) is 5.29. The van der Waals surface area contributed by atoms with Gasteiger partial charge in [-0.15, -0.1) is 0 Å². The lowest BCUT2D eigenvalue weighted by Crippen LogP contribution is -2.21. The van der Waals surface area contributed by atoms with E-state index in [0.29, 0.717) is 5.56 Å². The van der Waals surface area contributed by atoms with Crippen LogP contribution in [0.4, 0.5) is 10.5 Å². The van der Waals surface area contributed by atoms with Crippen molar-refractivity contribution in [3.8, 4) is 0 Å². The number of aliphatic imine (C=N–C) groups is 1. The fraction of sp³-hybridized carbons (Fsp3) is 0.333. The van der Waals surface area contributed by atoms with Gasteiger partial charge in [-0.05, 0) is 38.5 Å². The van der Waals surface area contributed by atoms with E-state index >= 15 is 0 Å². The Morgan fingerprint density at radius 3 is 2.33 bits per heavy atom. The molecule has 0 saturated heterocycles. The minimum atomic E-state index is -0.694. The first kappa shape index (κ1) is 13.8. The summed E-state index contributed by atoms with van der Waals surface area (Å²) in [5, 5.41) is 10.4. The monoisotopic (exact) mass is 250 g/mol. The summed E-state index contributed by atoms with van der Waals surface area (Å²) in [7, 11) is 0. The van der Waals surface area contributed by atoms with Crippen molar-refractivity contribution in [1.82, 2.24) is 0 Å². The van der Waals surface area contributed by atoms with E-state index in [0.717, 1.165) is 0 Å². The summed E-state index contributed by atoms with van der Waals surface area (Å²) in [6.45, 7) is 5.23. The molecule has 0 atom stereocenters. The number of rotatable bonds is 2. The fourth-order valence-electron chi connectivity index (χ4n) is 1.10. The van der Waals surface area contributed by atoms with Gasteiger partial charge in [-0.2, -0.15) is 4.99 Å². The van der Waals surface area contributed by atoms with Crippen molar-refractivity contribution < 1.29 is 14.5 Å². The topological polar surface area (TPSA) is 81.8 Å². The van der Waals surface area contributed by atoms with Gasteiger partial charge < -0.3 is 4.74 Å². The molecule has 6 nitrogen and oxygen atoms in total. The summed E-state index contributed by atoms with van der Waals surface area (Å²) >= 11 is 0. The van der Waals surface area contributed by atoms with E-state index in [1.54, 1.807) is 20.8 Å². The van der Waals surface area contributed by atoms with E-state index in [-0.39, 0.29) is 5.69 Å². The van der Waals surface area contributed by atoms with Gasteiger partial charge in [-0.25, -0.2) is 4.79 Å². The summed E-state index contributed by atoms with van der Waals surface area (Å²) in [4.78, 5) is 24.8. The van der Waals surface area contributed by atoms with Crippen LogP contribution in [-0.4, -0.2) is 22.8 Å². The minimum Gasteiger partial charge on any atom is -0.442 e. The highest BCUT2D eigenvalue weighted by molar-refractivity contribution is 5.89. The average Bonchev–Trinajstić information content (AvgIpc) is 2.24. The predicted octanol–water partition coefficient (Wildman–Crippen LogP) is 2.95. The molecule has 18 heavy (non-hydrogen) atoms. The van der Waals surface area contributed by atoms with E-state index in [1.165, 1.54) is 30.5 Å². The van der Waals surface area contributed by atoms with Gasteiger partial charge in [0.1, 0.15) is 5.60 Å². The molecule has 0 aliphatic carbocycles. The van der Waals surface area contributed by atoms with E-state index in [9.17, 15) is 14.9 Å². The Kier molecular flexibility index (Phi) is 4.14. The van der Waals surface area contributed by atoms with Crippen molar-refractivity contribution in [2.45, 2.75) is 26.4 Å². The normalized spacial score (nSPS) is 11.5. The molecule has 1 amide bonds. The maximum absolute atomic E-state index is 11.3. The first-order chi connectivity index (χ1) is 8.28. The number of hydrogen-bond donors (Lipinski definition) is 0. The Morgan fingerprint density at radius 1 is 1.33 bits per heavy atom. The zero-order valence-electron chi connectivity index (χ0n) is 10.4. The van der Waals surface area contributed by atoms with Crippen molar-refractivity contribution >= 4 is 18.0 Å². The maximum Gasteiger partial charge on any atom is 0.434 e. The lowest BCUT2D eigenvalue weighted by atomic mass is 10.2. The second-order valence-electron chi connectivity index (χ2n) is 4.59. The first-order valence-corrected chi connectivity index (χ1v) is 5.29. The lowest BCUT2D eigenvalue weighted by molar-refractivity contribution is -0.384. The van der Waals surface area contributed by atoms with Crippen LogP contribution >= 0.6 is 0 Å². The van der Waals surface area contributed by atoms with Crippen LogP contribution in [0.15, 0.2) is 29.3 Å². The number of ether oxygens (including phenoxy) is 1.